The highest BCUT2D eigenvalue weighted by atomic mass is 79.9. The van der Waals surface area contributed by atoms with E-state index in [-0.39, 0.29) is 0 Å². The molecule has 0 saturated carbocycles. The number of nitrogens with two attached hydrogens (primary N) is 2. The molecule has 0 heterocycles. The van der Waals surface area contributed by atoms with E-state index in [1.165, 1.54) is 0 Å². The number of amides is 1. The Hall–Kier alpha value is -1.07. The van der Waals surface area contributed by atoms with Gasteiger partial charge >= 0.3 is 0 Å². The van der Waals surface area contributed by atoms with Gasteiger partial charge in [0.25, 0.3) is 5.91 Å². The normalized spacial score (nSPS) is 12.2. The van der Waals surface area contributed by atoms with Crippen LogP contribution in [0.5, 0.6) is 5.75 Å². The van der Waals surface area contributed by atoms with Crippen molar-refractivity contribution in [3.8, 4) is 5.75 Å². The van der Waals surface area contributed by atoms with Gasteiger partial charge in [-0.05, 0) is 40.5 Å². The molecule has 0 fully saturated rings. The topological polar surface area (TPSA) is 78.3 Å². The van der Waals surface area contributed by atoms with Gasteiger partial charge in [0.05, 0.1) is 4.47 Å². The molecule has 0 saturated heterocycles. The lowest BCUT2D eigenvalue weighted by molar-refractivity contribution is -0.124. The number of hydrogen-bond acceptors (Lipinski definition) is 3. The molecule has 1 aromatic rings. The minimum atomic E-state index is -0.648. The highest BCUT2D eigenvalue weighted by molar-refractivity contribution is 9.10. The van der Waals surface area contributed by atoms with Crippen molar-refractivity contribution in [2.75, 3.05) is 0 Å². The van der Waals surface area contributed by atoms with Crippen molar-refractivity contribution in [1.82, 2.24) is 0 Å². The summed E-state index contributed by atoms with van der Waals surface area (Å²) in [4.78, 5) is 10.8. The standard InChI is InChI=1S/C10H13BrN2O2/c1-6(10(13)14)15-9-3-2-7(5-12)4-8(9)11/h2-4,6H,5,12H2,1H3,(H2,13,14). The Labute approximate surface area is 96.7 Å². The van der Waals surface area contributed by atoms with Crippen LogP contribution in [-0.4, -0.2) is 12.0 Å². The molecular formula is C10H13BrN2O2. The van der Waals surface area contributed by atoms with Crippen molar-refractivity contribution >= 4 is 21.8 Å². The molecule has 0 aromatic heterocycles. The molecule has 4 nitrogen and oxygen atoms in total. The van der Waals surface area contributed by atoms with Gasteiger partial charge in [-0.2, -0.15) is 0 Å². The Morgan fingerprint density at radius 2 is 2.27 bits per heavy atom. The third-order valence-corrected chi connectivity index (χ3v) is 2.56. The van der Waals surface area contributed by atoms with Gasteiger partial charge in [0, 0.05) is 6.54 Å². The van der Waals surface area contributed by atoms with Crippen LogP contribution in [0.1, 0.15) is 12.5 Å². The predicted molar refractivity (Wildman–Crippen MR) is 61.3 cm³/mol. The molecule has 0 aliphatic carbocycles. The molecule has 0 radical (unpaired) electrons. The van der Waals surface area contributed by atoms with Gasteiger partial charge in [-0.3, -0.25) is 4.79 Å². The molecule has 0 aliphatic heterocycles. The zero-order valence-electron chi connectivity index (χ0n) is 8.37. The number of ether oxygens (including phenoxy) is 1. The lowest BCUT2D eigenvalue weighted by Gasteiger charge is -2.13. The summed E-state index contributed by atoms with van der Waals surface area (Å²) in [6.07, 6.45) is -0.648. The van der Waals surface area contributed by atoms with Gasteiger partial charge < -0.3 is 16.2 Å². The molecule has 5 heteroatoms. The van der Waals surface area contributed by atoms with Crippen molar-refractivity contribution < 1.29 is 9.53 Å². The van der Waals surface area contributed by atoms with Crippen LogP contribution >= 0.6 is 15.9 Å². The van der Waals surface area contributed by atoms with Crippen molar-refractivity contribution in [1.29, 1.82) is 0 Å². The summed E-state index contributed by atoms with van der Waals surface area (Å²) in [5, 5.41) is 0. The first-order valence-corrected chi connectivity index (χ1v) is 5.28. The van der Waals surface area contributed by atoms with Gasteiger partial charge in [0.2, 0.25) is 0 Å². The summed E-state index contributed by atoms with van der Waals surface area (Å²) >= 11 is 3.33. The van der Waals surface area contributed by atoms with Gasteiger partial charge in [-0.25, -0.2) is 0 Å². The largest absolute Gasteiger partial charge is 0.480 e. The highest BCUT2D eigenvalue weighted by Gasteiger charge is 2.12. The molecule has 82 valence electrons. The molecule has 0 spiro atoms. The molecule has 4 N–H and O–H groups in total. The average Bonchev–Trinajstić information content (AvgIpc) is 2.20. The lowest BCUT2D eigenvalue weighted by Crippen LogP contribution is -2.30. The predicted octanol–water partition coefficient (Wildman–Crippen LogP) is 1.16. The maximum absolute atomic E-state index is 10.8. The first-order valence-electron chi connectivity index (χ1n) is 4.49. The molecule has 15 heavy (non-hydrogen) atoms. The Morgan fingerprint density at radius 1 is 1.60 bits per heavy atom. The summed E-state index contributed by atoms with van der Waals surface area (Å²) in [6, 6.07) is 5.45. The van der Waals surface area contributed by atoms with Crippen molar-refractivity contribution in [2.24, 2.45) is 11.5 Å². The third kappa shape index (κ3) is 3.21. The zero-order chi connectivity index (χ0) is 11.4. The summed E-state index contributed by atoms with van der Waals surface area (Å²) < 4.78 is 6.11. The Balaban J connectivity index is 2.82. The molecule has 1 aromatic carbocycles. The second-order valence-electron chi connectivity index (χ2n) is 3.13. The van der Waals surface area contributed by atoms with Crippen LogP contribution in [0.3, 0.4) is 0 Å². The Bertz CT molecular complexity index is 368. The SMILES string of the molecule is CC(Oc1ccc(CN)cc1Br)C(N)=O. The van der Waals surface area contributed by atoms with Gasteiger partial charge in [0.1, 0.15) is 5.75 Å². The third-order valence-electron chi connectivity index (χ3n) is 1.94. The minimum absolute atomic E-state index is 0.463. The number of halogens is 1. The second-order valence-corrected chi connectivity index (χ2v) is 3.99. The fourth-order valence-corrected chi connectivity index (χ4v) is 1.54. The van der Waals surface area contributed by atoms with E-state index in [1.54, 1.807) is 13.0 Å². The van der Waals surface area contributed by atoms with Crippen LogP contribution in [0, 0.1) is 0 Å². The van der Waals surface area contributed by atoms with Crippen molar-refractivity contribution in [2.45, 2.75) is 19.6 Å². The molecule has 1 atom stereocenters. The van der Waals surface area contributed by atoms with Crippen LogP contribution in [0.2, 0.25) is 0 Å². The van der Waals surface area contributed by atoms with E-state index in [4.69, 9.17) is 16.2 Å². The fraction of sp³-hybridized carbons (Fsp3) is 0.300. The van der Waals surface area contributed by atoms with Crippen LogP contribution in [-0.2, 0) is 11.3 Å². The minimum Gasteiger partial charge on any atom is -0.480 e. The summed E-state index contributed by atoms with van der Waals surface area (Å²) in [5.74, 6) is 0.0864. The number of rotatable bonds is 4. The van der Waals surface area contributed by atoms with Gasteiger partial charge in [-0.15, -0.1) is 0 Å². The molecular weight excluding hydrogens is 260 g/mol. The van der Waals surface area contributed by atoms with Crippen molar-refractivity contribution in [3.63, 3.8) is 0 Å². The van der Waals surface area contributed by atoms with E-state index in [0.29, 0.717) is 12.3 Å². The van der Waals surface area contributed by atoms with E-state index < -0.39 is 12.0 Å². The first kappa shape index (κ1) is 12.0. The second kappa shape index (κ2) is 5.14. The number of benzene rings is 1. The monoisotopic (exact) mass is 272 g/mol. The van der Waals surface area contributed by atoms with Gasteiger partial charge in [-0.1, -0.05) is 6.07 Å². The lowest BCUT2D eigenvalue weighted by atomic mass is 10.2. The highest BCUT2D eigenvalue weighted by Crippen LogP contribution is 2.26. The van der Waals surface area contributed by atoms with Crippen LogP contribution < -0.4 is 16.2 Å². The number of hydrogen-bond donors (Lipinski definition) is 2. The van der Waals surface area contributed by atoms with Crippen LogP contribution in [0.15, 0.2) is 22.7 Å². The van der Waals surface area contributed by atoms with Crippen molar-refractivity contribution in [3.05, 3.63) is 28.2 Å². The Morgan fingerprint density at radius 3 is 2.73 bits per heavy atom. The molecule has 1 rings (SSSR count). The van der Waals surface area contributed by atoms with E-state index in [2.05, 4.69) is 15.9 Å². The van der Waals surface area contributed by atoms with Crippen LogP contribution in [0.4, 0.5) is 0 Å². The Kier molecular flexibility index (Phi) is 4.11. The summed E-state index contributed by atoms with van der Waals surface area (Å²) in [7, 11) is 0. The van der Waals surface area contributed by atoms with E-state index >= 15 is 0 Å². The number of carbonyl (C=O) groups excluding carboxylic acids is 1. The summed E-state index contributed by atoms with van der Waals surface area (Å²) in [6.45, 7) is 2.07. The number of primary amides is 1. The molecule has 0 bridgehead atoms. The maximum atomic E-state index is 10.8. The molecule has 1 amide bonds. The van der Waals surface area contributed by atoms with E-state index in [1.807, 2.05) is 12.1 Å². The molecule has 0 aliphatic rings. The summed E-state index contributed by atoms with van der Waals surface area (Å²) in [5.41, 5.74) is 11.6. The fourth-order valence-electron chi connectivity index (χ4n) is 1.02. The smallest absolute Gasteiger partial charge is 0.258 e. The van der Waals surface area contributed by atoms with Gasteiger partial charge in [0.15, 0.2) is 6.10 Å². The number of carbonyl (C=O) groups is 1. The van der Waals surface area contributed by atoms with E-state index in [9.17, 15) is 4.79 Å². The first-order chi connectivity index (χ1) is 7.04. The zero-order valence-corrected chi connectivity index (χ0v) is 9.95. The maximum Gasteiger partial charge on any atom is 0.258 e. The molecule has 1 unspecified atom stereocenters. The van der Waals surface area contributed by atoms with Crippen LogP contribution in [0.25, 0.3) is 0 Å². The van der Waals surface area contributed by atoms with E-state index in [0.717, 1.165) is 10.0 Å². The average molecular weight is 273 g/mol. The quantitative estimate of drug-likeness (QED) is 0.864.